The van der Waals surface area contributed by atoms with Gasteiger partial charge in [-0.25, -0.2) is 0 Å². The van der Waals surface area contributed by atoms with E-state index in [0.717, 1.165) is 0 Å². The average molecular weight is 1580 g/mol. The highest BCUT2D eigenvalue weighted by molar-refractivity contribution is 7.82. The third kappa shape index (κ3) is 44.1. The monoisotopic (exact) mass is 1570 g/mol. The van der Waals surface area contributed by atoms with Crippen molar-refractivity contribution in [1.82, 2.24) is 31.9 Å². The first-order valence-corrected chi connectivity index (χ1v) is 37.6. The van der Waals surface area contributed by atoms with Crippen LogP contribution in [0.4, 0.5) is 0 Å². The van der Waals surface area contributed by atoms with E-state index in [0.29, 0.717) is 12.1 Å². The maximum atomic E-state index is 13.8. The highest BCUT2D eigenvalue weighted by Gasteiger charge is 2.42. The molecule has 0 saturated carbocycles. The molecule has 0 saturated heterocycles. The van der Waals surface area contributed by atoms with Crippen molar-refractivity contribution in [2.45, 2.75) is 176 Å². The second kappa shape index (κ2) is 50.3. The molecule has 0 aliphatic rings. The van der Waals surface area contributed by atoms with Gasteiger partial charge in [-0.2, -0.15) is 12.6 Å². The molecule has 109 heavy (non-hydrogen) atoms. The first-order valence-electron chi connectivity index (χ1n) is 37.2. The Kier molecular flexibility index (Phi) is 46.8. The zero-order chi connectivity index (χ0) is 83.7. The van der Waals surface area contributed by atoms with Gasteiger partial charge >= 0.3 is 53.7 Å². The molecule has 626 valence electrons. The van der Waals surface area contributed by atoms with E-state index in [4.69, 9.17) is 56.8 Å². The van der Waals surface area contributed by atoms with Gasteiger partial charge in [0.2, 0.25) is 29.5 Å². The molecule has 0 spiro atoms. The number of ether oxygens (including phenoxy) is 12. The van der Waals surface area contributed by atoms with Gasteiger partial charge in [0, 0.05) is 69.6 Å². The number of carbonyl (C=O) groups excluding carboxylic acids is 14. The molecule has 0 aliphatic carbocycles. The molecule has 32 nitrogen and oxygen atoms in total. The molecule has 0 fully saturated rings. The predicted octanol–water partition coefficient (Wildman–Crippen LogP) is 5.12. The zero-order valence-corrected chi connectivity index (χ0v) is 69.5. The SMILES string of the molecule is C=C(COCC(COC(=O)C(C)C)(COC(=O)C(C)C)COC(=O)C(C)(C)C)NCCC(=O)NCC(CNC(=O)CCNC(=O)COCC(COC(=O)C(C)C)(COC(=O)C(C)C)COC(=O)C(C)C)(CNC(=O)CCNC(=O)COCC(COC(=O)C(C)C)(COC(=O)C(C)C)COC(=O)C(C)(C)S)CC(C)C. The fourth-order valence-electron chi connectivity index (χ4n) is 8.96. The Bertz CT molecular complexity index is 2720. The zero-order valence-electron chi connectivity index (χ0n) is 68.6. The van der Waals surface area contributed by atoms with Gasteiger partial charge in [-0.15, -0.1) is 0 Å². The van der Waals surface area contributed by atoms with Crippen LogP contribution < -0.4 is 31.9 Å². The smallest absolute Gasteiger partial charge is 0.321 e. The predicted molar refractivity (Wildman–Crippen MR) is 403 cm³/mol. The third-order valence-electron chi connectivity index (χ3n) is 15.9. The van der Waals surface area contributed by atoms with Crippen LogP contribution in [0.2, 0.25) is 0 Å². The molecule has 0 heterocycles. The van der Waals surface area contributed by atoms with Crippen molar-refractivity contribution in [3.63, 3.8) is 0 Å². The molecular weight excluding hydrogens is 1440 g/mol. The molecule has 5 amide bonds. The lowest BCUT2D eigenvalue weighted by atomic mass is 9.79. The number of amides is 5. The number of esters is 9. The van der Waals surface area contributed by atoms with Gasteiger partial charge in [0.15, 0.2) is 0 Å². The molecular formula is C76H130N6O26S. The van der Waals surface area contributed by atoms with Crippen LogP contribution in [0.3, 0.4) is 0 Å². The quantitative estimate of drug-likeness (QED) is 0.0236. The Morgan fingerprint density at radius 3 is 0.780 bits per heavy atom. The average Bonchev–Trinajstić information content (AvgIpc) is 0.879. The number of rotatable bonds is 56. The van der Waals surface area contributed by atoms with Crippen LogP contribution in [0.5, 0.6) is 0 Å². The van der Waals surface area contributed by atoms with E-state index in [9.17, 15) is 67.1 Å². The summed E-state index contributed by atoms with van der Waals surface area (Å²) in [5.74, 6) is -12.0. The summed E-state index contributed by atoms with van der Waals surface area (Å²) < 4.78 is 66.5. The van der Waals surface area contributed by atoms with Gasteiger partial charge < -0.3 is 88.7 Å². The van der Waals surface area contributed by atoms with Crippen molar-refractivity contribution >= 4 is 95.9 Å². The molecule has 0 aromatic heterocycles. The number of hydrogen-bond acceptors (Lipinski definition) is 28. The van der Waals surface area contributed by atoms with E-state index < -0.39 is 216 Å². The van der Waals surface area contributed by atoms with Crippen LogP contribution in [0.15, 0.2) is 12.3 Å². The van der Waals surface area contributed by atoms with E-state index >= 15 is 0 Å². The highest BCUT2D eigenvalue weighted by Crippen LogP contribution is 2.29. The maximum absolute atomic E-state index is 13.8. The van der Waals surface area contributed by atoms with E-state index in [1.54, 1.807) is 118 Å². The first-order chi connectivity index (χ1) is 50.4. The number of hydrogen-bond donors (Lipinski definition) is 7. The summed E-state index contributed by atoms with van der Waals surface area (Å²) in [6.07, 6.45) is -0.306. The Morgan fingerprint density at radius 1 is 0.303 bits per heavy atom. The molecule has 6 N–H and O–H groups in total. The van der Waals surface area contributed by atoms with Crippen molar-refractivity contribution in [2.24, 2.45) is 74.4 Å². The van der Waals surface area contributed by atoms with Gasteiger partial charge in [0.25, 0.3) is 0 Å². The van der Waals surface area contributed by atoms with Gasteiger partial charge in [-0.1, -0.05) is 117 Å². The highest BCUT2D eigenvalue weighted by atomic mass is 32.1. The van der Waals surface area contributed by atoms with E-state index in [1.807, 2.05) is 13.8 Å². The standard InChI is InChI=1S/C76H130N6O26S/c1-48(2)29-73(34-81-58(84)24-27-78-60(86)31-98-37-74(39-100-62(88)49(3)4,40-101-63(89)50(5)6)41-102-64(90)51(7)8,33-80-57(83)23-26-77-56(17)30-97-36-75(42-103-65(91)52(9)10,43-104-66(92)53(11)12)46-107-69(95)71(18,19)20)35-82-59(85)25-28-79-61(87)32-99-38-76(44-105-67(93)54(13)14,45-106-68(94)55(15)16)47-108-70(96)72(21,22)109/h48-55,77,109H,17,23-47H2,1-16,18-22H3,(H,78,86)(H,79,87)(H,80,83)(H,81,84)(H,82,85). The molecule has 33 heteroatoms. The topological polar surface area (TPSA) is 422 Å². The Labute approximate surface area is 649 Å². The maximum Gasteiger partial charge on any atom is 0.321 e. The molecule has 1 atom stereocenters. The van der Waals surface area contributed by atoms with Crippen LogP contribution in [-0.2, 0) is 124 Å². The van der Waals surface area contributed by atoms with Crippen LogP contribution in [0, 0.1) is 74.4 Å². The molecule has 0 rings (SSSR count). The molecule has 0 aromatic carbocycles. The van der Waals surface area contributed by atoms with Crippen LogP contribution in [-0.4, -0.2) is 226 Å². The lowest BCUT2D eigenvalue weighted by molar-refractivity contribution is -0.174. The minimum Gasteiger partial charge on any atom is -0.465 e. The number of carbonyl (C=O) groups is 14. The minimum absolute atomic E-state index is 0.0429. The Balaban J connectivity index is 6.76. The van der Waals surface area contributed by atoms with E-state index in [-0.39, 0.29) is 104 Å². The van der Waals surface area contributed by atoms with E-state index in [2.05, 4.69) is 51.1 Å². The second-order valence-corrected chi connectivity index (χ2v) is 33.3. The van der Waals surface area contributed by atoms with Crippen molar-refractivity contribution < 1.29 is 124 Å². The Hall–Kier alpha value is -7.65. The van der Waals surface area contributed by atoms with Crippen molar-refractivity contribution in [3.05, 3.63) is 12.3 Å². The number of nitrogens with one attached hydrogen (secondary N) is 6. The normalized spacial score (nSPS) is 12.6. The van der Waals surface area contributed by atoms with Gasteiger partial charge in [0.1, 0.15) is 77.4 Å². The van der Waals surface area contributed by atoms with Gasteiger partial charge in [-0.3, -0.25) is 67.1 Å². The fourth-order valence-corrected chi connectivity index (χ4v) is 9.02. The molecule has 0 radical (unpaired) electrons. The first kappa shape index (κ1) is 101. The molecule has 1 unspecified atom stereocenters. The van der Waals surface area contributed by atoms with Crippen LogP contribution in [0.1, 0.15) is 171 Å². The summed E-state index contributed by atoms with van der Waals surface area (Å²) in [5.41, 5.74) is -5.89. The lowest BCUT2D eigenvalue weighted by Gasteiger charge is -2.36. The summed E-state index contributed by atoms with van der Waals surface area (Å²) in [7, 11) is 0. The summed E-state index contributed by atoms with van der Waals surface area (Å²) in [4.78, 5) is 182. The third-order valence-corrected chi connectivity index (χ3v) is 16.1. The van der Waals surface area contributed by atoms with Crippen LogP contribution in [0.25, 0.3) is 0 Å². The molecule has 0 bridgehead atoms. The summed E-state index contributed by atoms with van der Waals surface area (Å²) in [6, 6.07) is 0. The summed E-state index contributed by atoms with van der Waals surface area (Å²) in [6.45, 7) is 32.1. The summed E-state index contributed by atoms with van der Waals surface area (Å²) >= 11 is 4.28. The number of thiol groups is 1. The van der Waals surface area contributed by atoms with Crippen LogP contribution >= 0.6 is 12.6 Å². The minimum atomic E-state index is -1.47. The molecule has 0 aliphatic heterocycles. The van der Waals surface area contributed by atoms with Crippen molar-refractivity contribution in [2.75, 3.05) is 138 Å². The van der Waals surface area contributed by atoms with E-state index in [1.165, 1.54) is 13.8 Å². The van der Waals surface area contributed by atoms with Crippen molar-refractivity contribution in [1.29, 1.82) is 0 Å². The second-order valence-electron chi connectivity index (χ2n) is 32.2. The fraction of sp³-hybridized carbons (Fsp3) is 0.789. The largest absolute Gasteiger partial charge is 0.465 e. The molecule has 0 aromatic rings. The summed E-state index contributed by atoms with van der Waals surface area (Å²) in [5, 5.41) is 17.0. The van der Waals surface area contributed by atoms with Gasteiger partial charge in [0.05, 0.1) is 89.5 Å². The van der Waals surface area contributed by atoms with Crippen molar-refractivity contribution in [3.8, 4) is 0 Å². The van der Waals surface area contributed by atoms with Gasteiger partial charge in [-0.05, 0) is 47.0 Å². The lowest BCUT2D eigenvalue weighted by Crippen LogP contribution is -2.52. The Morgan fingerprint density at radius 2 is 0.541 bits per heavy atom.